The van der Waals surface area contributed by atoms with Crippen molar-refractivity contribution in [3.63, 3.8) is 0 Å². The van der Waals surface area contributed by atoms with E-state index in [2.05, 4.69) is 32.3 Å². The Morgan fingerprint density at radius 1 is 1.17 bits per heavy atom. The van der Waals surface area contributed by atoms with Gasteiger partial charge in [-0.25, -0.2) is 0 Å². The number of thioether (sulfide) groups is 1. The molecular formula is C24H26Cl2N2OS. The van der Waals surface area contributed by atoms with Gasteiger partial charge >= 0.3 is 0 Å². The van der Waals surface area contributed by atoms with Crippen LogP contribution in [-0.4, -0.2) is 17.2 Å². The molecule has 0 fully saturated rings. The average molecular weight is 461 g/mol. The van der Waals surface area contributed by atoms with Gasteiger partial charge in [-0.1, -0.05) is 62.2 Å². The third-order valence-corrected chi connectivity index (χ3v) is 7.29. The fourth-order valence-electron chi connectivity index (χ4n) is 5.02. The van der Waals surface area contributed by atoms with Crippen LogP contribution in [0.2, 0.25) is 10.0 Å². The molecule has 1 spiro atoms. The number of halogens is 2. The van der Waals surface area contributed by atoms with Crippen molar-refractivity contribution in [2.45, 2.75) is 45.1 Å². The Kier molecular flexibility index (Phi) is 5.71. The highest BCUT2D eigenvalue weighted by Crippen LogP contribution is 2.58. The van der Waals surface area contributed by atoms with Gasteiger partial charge in [0, 0.05) is 15.7 Å². The Bertz CT molecular complexity index is 1030. The molecule has 0 saturated heterocycles. The maximum atomic E-state index is 13.8. The first kappa shape index (κ1) is 21.7. The summed E-state index contributed by atoms with van der Waals surface area (Å²) in [4.78, 5) is 18.9. The minimum atomic E-state index is -0.795. The van der Waals surface area contributed by atoms with Crippen LogP contribution in [0, 0.1) is 11.3 Å². The predicted octanol–water partition coefficient (Wildman–Crippen LogP) is 7.14. The molecule has 1 N–H and O–H groups in total. The van der Waals surface area contributed by atoms with Crippen LogP contribution in [0.15, 0.2) is 47.5 Å². The second-order valence-corrected chi connectivity index (χ2v) is 11.1. The SMILES string of the molecule is CSC1=N[C@@H](c2cccc(Cl)c2)[C@]2(C(=O)Nc3cc(Cl)ccc32)[C@@H](CC(C)(C)C)C1. The van der Waals surface area contributed by atoms with Gasteiger partial charge in [-0.3, -0.25) is 9.79 Å². The number of nitrogens with one attached hydrogen (secondary N) is 1. The number of hydrogen-bond acceptors (Lipinski definition) is 3. The molecule has 2 aromatic carbocycles. The first-order chi connectivity index (χ1) is 14.1. The molecule has 0 saturated carbocycles. The summed E-state index contributed by atoms with van der Waals surface area (Å²) >= 11 is 14.3. The van der Waals surface area contributed by atoms with Crippen LogP contribution in [0.25, 0.3) is 0 Å². The summed E-state index contributed by atoms with van der Waals surface area (Å²) in [5, 5.41) is 5.47. The number of rotatable bonds is 2. The molecule has 3 atom stereocenters. The van der Waals surface area contributed by atoms with Gasteiger partial charge in [0.2, 0.25) is 5.91 Å². The van der Waals surface area contributed by atoms with Gasteiger partial charge in [0.15, 0.2) is 0 Å². The summed E-state index contributed by atoms with van der Waals surface area (Å²) in [6, 6.07) is 13.1. The number of carbonyl (C=O) groups excluding carboxylic acids is 1. The minimum Gasteiger partial charge on any atom is -0.325 e. The van der Waals surface area contributed by atoms with Crippen LogP contribution >= 0.6 is 35.0 Å². The first-order valence-corrected chi connectivity index (χ1v) is 12.1. The second-order valence-electron chi connectivity index (χ2n) is 9.36. The van der Waals surface area contributed by atoms with Crippen LogP contribution < -0.4 is 5.32 Å². The highest BCUT2D eigenvalue weighted by molar-refractivity contribution is 8.13. The zero-order valence-corrected chi connectivity index (χ0v) is 20.0. The maximum absolute atomic E-state index is 13.8. The smallest absolute Gasteiger partial charge is 0.237 e. The van der Waals surface area contributed by atoms with Crippen molar-refractivity contribution in [1.29, 1.82) is 0 Å². The van der Waals surface area contributed by atoms with Crippen molar-refractivity contribution in [3.05, 3.63) is 63.6 Å². The van der Waals surface area contributed by atoms with E-state index in [0.29, 0.717) is 10.0 Å². The third kappa shape index (κ3) is 3.68. The van der Waals surface area contributed by atoms with Gasteiger partial charge in [0.1, 0.15) is 5.41 Å². The van der Waals surface area contributed by atoms with Crippen molar-refractivity contribution in [3.8, 4) is 0 Å². The Balaban J connectivity index is 2.00. The summed E-state index contributed by atoms with van der Waals surface area (Å²) in [5.41, 5.74) is 2.01. The number of fused-ring (bicyclic) bond motifs is 2. The molecule has 0 radical (unpaired) electrons. The topological polar surface area (TPSA) is 41.5 Å². The van der Waals surface area contributed by atoms with E-state index in [0.717, 1.165) is 34.7 Å². The van der Waals surface area contributed by atoms with Gasteiger partial charge in [-0.2, -0.15) is 0 Å². The Morgan fingerprint density at radius 3 is 2.57 bits per heavy atom. The number of carbonyl (C=O) groups is 1. The molecule has 4 rings (SSSR count). The molecule has 0 bridgehead atoms. The van der Waals surface area contributed by atoms with Crippen molar-refractivity contribution >= 4 is 51.6 Å². The summed E-state index contributed by atoms with van der Waals surface area (Å²) in [5.74, 6) is 0.103. The normalized spacial score (nSPS) is 25.8. The zero-order chi connectivity index (χ0) is 21.7. The molecule has 0 unspecified atom stereocenters. The lowest BCUT2D eigenvalue weighted by Crippen LogP contribution is -2.50. The van der Waals surface area contributed by atoms with Crippen LogP contribution in [0.3, 0.4) is 0 Å². The van der Waals surface area contributed by atoms with E-state index in [4.69, 9.17) is 28.2 Å². The molecule has 3 nitrogen and oxygen atoms in total. The van der Waals surface area contributed by atoms with Crippen molar-refractivity contribution in [2.24, 2.45) is 16.3 Å². The minimum absolute atomic E-state index is 0.00268. The maximum Gasteiger partial charge on any atom is 0.237 e. The Morgan fingerprint density at radius 2 is 1.90 bits per heavy atom. The Hall–Kier alpha value is -1.49. The molecule has 30 heavy (non-hydrogen) atoms. The molecule has 6 heteroatoms. The molecule has 2 aliphatic rings. The number of anilines is 1. The number of aliphatic imine (C=N–C) groups is 1. The molecule has 2 aliphatic heterocycles. The van der Waals surface area contributed by atoms with E-state index in [1.807, 2.05) is 42.5 Å². The van der Waals surface area contributed by atoms with E-state index in [-0.39, 0.29) is 23.3 Å². The number of amides is 1. The van der Waals surface area contributed by atoms with Crippen molar-refractivity contribution < 1.29 is 4.79 Å². The highest BCUT2D eigenvalue weighted by Gasteiger charge is 2.60. The monoisotopic (exact) mass is 460 g/mol. The predicted molar refractivity (Wildman–Crippen MR) is 129 cm³/mol. The quantitative estimate of drug-likeness (QED) is 0.516. The molecule has 0 aromatic heterocycles. The standard InChI is InChI=1S/C24H26Cl2N2OS/c1-23(2,3)13-15-11-20(30-4)28-21(14-6-5-7-16(25)10-14)24(15)18-9-8-17(26)12-19(18)27-22(24)29/h5-10,12,15,21H,11,13H2,1-4H3,(H,27,29)/t15-,21+,24+/m1/s1. The van der Waals surface area contributed by atoms with E-state index < -0.39 is 5.41 Å². The van der Waals surface area contributed by atoms with Crippen LogP contribution in [0.5, 0.6) is 0 Å². The van der Waals surface area contributed by atoms with Gasteiger partial charge in [0.25, 0.3) is 0 Å². The lowest BCUT2D eigenvalue weighted by Gasteiger charge is -2.46. The van der Waals surface area contributed by atoms with E-state index in [9.17, 15) is 4.79 Å². The van der Waals surface area contributed by atoms with Gasteiger partial charge in [-0.05, 0) is 65.8 Å². The lowest BCUT2D eigenvalue weighted by atomic mass is 9.59. The molecule has 1 amide bonds. The fraction of sp³-hybridized carbons (Fsp3) is 0.417. The van der Waals surface area contributed by atoms with Crippen molar-refractivity contribution in [1.82, 2.24) is 0 Å². The number of hydrogen-bond donors (Lipinski definition) is 1. The van der Waals surface area contributed by atoms with Gasteiger partial charge in [-0.15, -0.1) is 11.8 Å². The molecule has 158 valence electrons. The number of benzene rings is 2. The van der Waals surface area contributed by atoms with Crippen LogP contribution in [0.4, 0.5) is 5.69 Å². The highest BCUT2D eigenvalue weighted by atomic mass is 35.5. The fourth-order valence-corrected chi connectivity index (χ4v) is 5.97. The van der Waals surface area contributed by atoms with Crippen LogP contribution in [-0.2, 0) is 10.2 Å². The van der Waals surface area contributed by atoms with E-state index in [1.165, 1.54) is 0 Å². The average Bonchev–Trinajstić information content (AvgIpc) is 2.94. The Labute approximate surface area is 192 Å². The molecule has 0 aliphatic carbocycles. The largest absolute Gasteiger partial charge is 0.325 e. The third-order valence-electron chi connectivity index (χ3n) is 6.08. The summed E-state index contributed by atoms with van der Waals surface area (Å²) in [7, 11) is 0. The summed E-state index contributed by atoms with van der Waals surface area (Å²) < 4.78 is 0. The second kappa shape index (κ2) is 7.89. The van der Waals surface area contributed by atoms with E-state index in [1.54, 1.807) is 11.8 Å². The summed E-state index contributed by atoms with van der Waals surface area (Å²) in [6.07, 6.45) is 3.74. The van der Waals surface area contributed by atoms with Crippen molar-refractivity contribution in [2.75, 3.05) is 11.6 Å². The van der Waals surface area contributed by atoms with Gasteiger partial charge in [0.05, 0.1) is 11.1 Å². The zero-order valence-electron chi connectivity index (χ0n) is 17.6. The molecular weight excluding hydrogens is 435 g/mol. The summed E-state index contributed by atoms with van der Waals surface area (Å²) in [6.45, 7) is 6.69. The van der Waals surface area contributed by atoms with E-state index >= 15 is 0 Å². The number of nitrogens with zero attached hydrogens (tertiary/aromatic N) is 1. The molecule has 2 heterocycles. The van der Waals surface area contributed by atoms with Gasteiger partial charge < -0.3 is 5.32 Å². The molecule has 2 aromatic rings. The van der Waals surface area contributed by atoms with Crippen LogP contribution in [0.1, 0.15) is 50.8 Å². The first-order valence-electron chi connectivity index (χ1n) is 10.1. The lowest BCUT2D eigenvalue weighted by molar-refractivity contribution is -0.124.